The zero-order chi connectivity index (χ0) is 13.7. The molecule has 2 nitrogen and oxygen atoms in total. The molecule has 0 saturated heterocycles. The number of hydrogen-bond acceptors (Lipinski definition) is 2. The molecule has 0 aliphatic heterocycles. The van der Waals surface area contributed by atoms with Crippen molar-refractivity contribution in [3.8, 4) is 0 Å². The van der Waals surface area contributed by atoms with Crippen molar-refractivity contribution in [2.24, 2.45) is 5.92 Å². The molecule has 1 aliphatic rings. The quantitative estimate of drug-likeness (QED) is 0.847. The van der Waals surface area contributed by atoms with Gasteiger partial charge in [-0.25, -0.2) is 0 Å². The van der Waals surface area contributed by atoms with Gasteiger partial charge in [0.05, 0.1) is 5.75 Å². The number of hydrogen-bond donors (Lipinski definition) is 1. The van der Waals surface area contributed by atoms with Crippen molar-refractivity contribution in [1.82, 2.24) is 5.32 Å². The van der Waals surface area contributed by atoms with Gasteiger partial charge in [-0.2, -0.15) is 0 Å². The highest BCUT2D eigenvalue weighted by atomic mass is 35.5. The van der Waals surface area contributed by atoms with Crippen molar-refractivity contribution < 1.29 is 4.79 Å². The van der Waals surface area contributed by atoms with E-state index in [-0.39, 0.29) is 5.91 Å². The fourth-order valence-corrected chi connectivity index (χ4v) is 3.19. The Bertz CT molecular complexity index is 413. The van der Waals surface area contributed by atoms with E-state index in [4.69, 9.17) is 11.6 Å². The van der Waals surface area contributed by atoms with Crippen molar-refractivity contribution >= 4 is 29.3 Å². The van der Waals surface area contributed by atoms with E-state index >= 15 is 0 Å². The van der Waals surface area contributed by atoms with Gasteiger partial charge < -0.3 is 5.32 Å². The number of amides is 1. The SMILES string of the molecule is CC1CCC(NC(=O)CSc2ccc(Cl)cc2)CC1. The molecule has 1 aliphatic carbocycles. The molecule has 1 amide bonds. The lowest BCUT2D eigenvalue weighted by atomic mass is 9.87. The molecule has 0 atom stereocenters. The maximum absolute atomic E-state index is 11.9. The van der Waals surface area contributed by atoms with Crippen LogP contribution in [0.1, 0.15) is 32.6 Å². The Balaban J connectivity index is 1.71. The van der Waals surface area contributed by atoms with Gasteiger partial charge in [0, 0.05) is 16.0 Å². The summed E-state index contributed by atoms with van der Waals surface area (Å²) in [5.74, 6) is 1.43. The average Bonchev–Trinajstić information content (AvgIpc) is 2.41. The van der Waals surface area contributed by atoms with E-state index in [1.54, 1.807) is 11.8 Å². The van der Waals surface area contributed by atoms with Crippen molar-refractivity contribution in [2.45, 2.75) is 43.5 Å². The molecule has 0 aromatic heterocycles. The summed E-state index contributed by atoms with van der Waals surface area (Å²) in [6.45, 7) is 2.29. The highest BCUT2D eigenvalue weighted by molar-refractivity contribution is 8.00. The fraction of sp³-hybridized carbons (Fsp3) is 0.533. The predicted octanol–water partition coefficient (Wildman–Crippen LogP) is 4.13. The number of nitrogens with one attached hydrogen (secondary N) is 1. The molecule has 104 valence electrons. The summed E-state index contributed by atoms with van der Waals surface area (Å²) >= 11 is 7.38. The highest BCUT2D eigenvalue weighted by Crippen LogP contribution is 2.24. The summed E-state index contributed by atoms with van der Waals surface area (Å²) in [4.78, 5) is 13.0. The molecule has 1 saturated carbocycles. The largest absolute Gasteiger partial charge is 0.353 e. The van der Waals surface area contributed by atoms with Gasteiger partial charge in [-0.3, -0.25) is 4.79 Å². The van der Waals surface area contributed by atoms with Crippen LogP contribution in [-0.2, 0) is 4.79 Å². The maximum Gasteiger partial charge on any atom is 0.230 e. The van der Waals surface area contributed by atoms with Gasteiger partial charge in [-0.15, -0.1) is 11.8 Å². The summed E-state index contributed by atoms with van der Waals surface area (Å²) in [6.07, 6.45) is 4.71. The third kappa shape index (κ3) is 5.07. The van der Waals surface area contributed by atoms with E-state index in [0.717, 1.165) is 28.7 Å². The Morgan fingerprint density at radius 3 is 2.53 bits per heavy atom. The number of thioether (sulfide) groups is 1. The van der Waals surface area contributed by atoms with Crippen LogP contribution in [0, 0.1) is 5.92 Å². The molecule has 19 heavy (non-hydrogen) atoms. The van der Waals surface area contributed by atoms with E-state index in [1.165, 1.54) is 12.8 Å². The predicted molar refractivity (Wildman–Crippen MR) is 81.7 cm³/mol. The topological polar surface area (TPSA) is 29.1 Å². The first-order valence-corrected chi connectivity index (χ1v) is 8.17. The molecule has 4 heteroatoms. The molecular weight excluding hydrogens is 278 g/mol. The number of rotatable bonds is 4. The zero-order valence-electron chi connectivity index (χ0n) is 11.2. The monoisotopic (exact) mass is 297 g/mol. The molecule has 0 radical (unpaired) electrons. The molecule has 0 heterocycles. The van der Waals surface area contributed by atoms with Gasteiger partial charge in [-0.05, 0) is 55.9 Å². The van der Waals surface area contributed by atoms with E-state index in [9.17, 15) is 4.79 Å². The summed E-state index contributed by atoms with van der Waals surface area (Å²) in [6, 6.07) is 7.98. The minimum atomic E-state index is 0.138. The number of benzene rings is 1. The van der Waals surface area contributed by atoms with Gasteiger partial charge in [0.25, 0.3) is 0 Å². The minimum absolute atomic E-state index is 0.138. The Morgan fingerprint density at radius 1 is 1.26 bits per heavy atom. The molecular formula is C15H20ClNOS. The third-order valence-electron chi connectivity index (χ3n) is 3.56. The van der Waals surface area contributed by atoms with Crippen LogP contribution in [0.4, 0.5) is 0 Å². The Kier molecular flexibility index (Phi) is 5.59. The lowest BCUT2D eigenvalue weighted by molar-refractivity contribution is -0.119. The highest BCUT2D eigenvalue weighted by Gasteiger charge is 2.19. The average molecular weight is 298 g/mol. The fourth-order valence-electron chi connectivity index (χ4n) is 2.35. The molecule has 1 aromatic rings. The molecule has 1 aromatic carbocycles. The van der Waals surface area contributed by atoms with Crippen LogP contribution >= 0.6 is 23.4 Å². The number of carbonyl (C=O) groups is 1. The first-order chi connectivity index (χ1) is 9.13. The lowest BCUT2D eigenvalue weighted by Gasteiger charge is -2.26. The number of halogens is 1. The molecule has 1 N–H and O–H groups in total. The Hall–Kier alpha value is -0.670. The zero-order valence-corrected chi connectivity index (χ0v) is 12.8. The van der Waals surface area contributed by atoms with Gasteiger partial charge in [0.1, 0.15) is 0 Å². The first kappa shape index (κ1) is 14.7. The summed E-state index contributed by atoms with van der Waals surface area (Å²) in [5, 5.41) is 3.86. The number of carbonyl (C=O) groups excluding carboxylic acids is 1. The van der Waals surface area contributed by atoms with Crippen LogP contribution in [0.2, 0.25) is 5.02 Å². The van der Waals surface area contributed by atoms with Crippen molar-refractivity contribution in [3.63, 3.8) is 0 Å². The van der Waals surface area contributed by atoms with Crippen molar-refractivity contribution in [1.29, 1.82) is 0 Å². The summed E-state index contributed by atoms with van der Waals surface area (Å²) in [7, 11) is 0. The second-order valence-corrected chi connectivity index (χ2v) is 6.75. The van der Waals surface area contributed by atoms with Crippen molar-refractivity contribution in [3.05, 3.63) is 29.3 Å². The molecule has 1 fully saturated rings. The molecule has 0 spiro atoms. The lowest BCUT2D eigenvalue weighted by Crippen LogP contribution is -2.38. The van der Waals surface area contributed by atoms with Crippen LogP contribution in [0.5, 0.6) is 0 Å². The van der Waals surface area contributed by atoms with Crippen LogP contribution < -0.4 is 5.32 Å². The van der Waals surface area contributed by atoms with E-state index in [0.29, 0.717) is 11.8 Å². The molecule has 0 bridgehead atoms. The van der Waals surface area contributed by atoms with Crippen LogP contribution in [0.15, 0.2) is 29.2 Å². The Labute approximate surface area is 124 Å². The first-order valence-electron chi connectivity index (χ1n) is 6.81. The Morgan fingerprint density at radius 2 is 1.89 bits per heavy atom. The van der Waals surface area contributed by atoms with Crippen LogP contribution in [0.3, 0.4) is 0 Å². The standard InChI is InChI=1S/C15H20ClNOS/c1-11-2-6-13(7-3-11)17-15(18)10-19-14-8-4-12(16)5-9-14/h4-5,8-9,11,13H,2-3,6-7,10H2,1H3,(H,17,18). The van der Waals surface area contributed by atoms with E-state index in [2.05, 4.69) is 12.2 Å². The van der Waals surface area contributed by atoms with E-state index < -0.39 is 0 Å². The van der Waals surface area contributed by atoms with Gasteiger partial charge in [-0.1, -0.05) is 18.5 Å². The normalized spacial score (nSPS) is 23.1. The van der Waals surface area contributed by atoms with Gasteiger partial charge >= 0.3 is 0 Å². The van der Waals surface area contributed by atoms with Crippen LogP contribution in [-0.4, -0.2) is 17.7 Å². The third-order valence-corrected chi connectivity index (χ3v) is 4.83. The van der Waals surface area contributed by atoms with Crippen molar-refractivity contribution in [2.75, 3.05) is 5.75 Å². The second-order valence-electron chi connectivity index (χ2n) is 5.27. The molecule has 0 unspecified atom stereocenters. The maximum atomic E-state index is 11.9. The smallest absolute Gasteiger partial charge is 0.230 e. The summed E-state index contributed by atoms with van der Waals surface area (Å²) in [5.41, 5.74) is 0. The van der Waals surface area contributed by atoms with Gasteiger partial charge in [0.15, 0.2) is 0 Å². The van der Waals surface area contributed by atoms with Crippen LogP contribution in [0.25, 0.3) is 0 Å². The van der Waals surface area contributed by atoms with E-state index in [1.807, 2.05) is 24.3 Å². The minimum Gasteiger partial charge on any atom is -0.353 e. The van der Waals surface area contributed by atoms with Gasteiger partial charge in [0.2, 0.25) is 5.91 Å². The second kappa shape index (κ2) is 7.20. The molecule has 2 rings (SSSR count). The summed E-state index contributed by atoms with van der Waals surface area (Å²) < 4.78 is 0.